The second-order valence-corrected chi connectivity index (χ2v) is 8.51. The van der Waals surface area contributed by atoms with Crippen LogP contribution in [0.3, 0.4) is 0 Å². The highest BCUT2D eigenvalue weighted by Crippen LogP contribution is 2.20. The van der Waals surface area contributed by atoms with Crippen LogP contribution in [0.1, 0.15) is 72.9 Å². The molecule has 1 aliphatic carbocycles. The lowest BCUT2D eigenvalue weighted by Crippen LogP contribution is -2.36. The van der Waals surface area contributed by atoms with E-state index in [9.17, 15) is 9.59 Å². The largest absolute Gasteiger partial charge is 0.494 e. The Labute approximate surface area is 185 Å². The molecule has 5 heteroatoms. The SMILES string of the molecule is Cc1cccc(OCCCCC(=O)Nc2ccc(C(=O)NC3CCCCC3)cc2C)c1. The number of hydrogen-bond acceptors (Lipinski definition) is 3. The third-order valence-corrected chi connectivity index (χ3v) is 5.76. The summed E-state index contributed by atoms with van der Waals surface area (Å²) < 4.78 is 5.73. The highest BCUT2D eigenvalue weighted by Gasteiger charge is 2.17. The van der Waals surface area contributed by atoms with Gasteiger partial charge in [0.05, 0.1) is 6.61 Å². The molecule has 0 radical (unpaired) electrons. The highest BCUT2D eigenvalue weighted by molar-refractivity contribution is 5.96. The van der Waals surface area contributed by atoms with E-state index < -0.39 is 0 Å². The van der Waals surface area contributed by atoms with Gasteiger partial charge in [0.1, 0.15) is 5.75 Å². The van der Waals surface area contributed by atoms with Crippen LogP contribution in [0.15, 0.2) is 42.5 Å². The number of rotatable bonds is 9. The van der Waals surface area contributed by atoms with Crippen molar-refractivity contribution < 1.29 is 14.3 Å². The maximum atomic E-state index is 12.5. The van der Waals surface area contributed by atoms with Crippen molar-refractivity contribution >= 4 is 17.5 Å². The van der Waals surface area contributed by atoms with E-state index in [4.69, 9.17) is 4.74 Å². The fraction of sp³-hybridized carbons (Fsp3) is 0.462. The number of unbranched alkanes of at least 4 members (excludes halogenated alkanes) is 1. The van der Waals surface area contributed by atoms with Gasteiger partial charge in [0.25, 0.3) is 5.91 Å². The molecule has 1 saturated carbocycles. The number of hydrogen-bond donors (Lipinski definition) is 2. The molecule has 0 saturated heterocycles. The Balaban J connectivity index is 1.39. The van der Waals surface area contributed by atoms with E-state index in [0.29, 0.717) is 18.6 Å². The molecule has 0 atom stereocenters. The lowest BCUT2D eigenvalue weighted by Gasteiger charge is -2.23. The van der Waals surface area contributed by atoms with Crippen molar-refractivity contribution in [2.24, 2.45) is 0 Å². The number of carbonyl (C=O) groups is 2. The van der Waals surface area contributed by atoms with Gasteiger partial charge in [0.2, 0.25) is 5.91 Å². The first-order valence-corrected chi connectivity index (χ1v) is 11.4. The highest BCUT2D eigenvalue weighted by atomic mass is 16.5. The average Bonchev–Trinajstić information content (AvgIpc) is 2.75. The standard InChI is InChI=1S/C26H34N2O3/c1-19-9-8-12-23(17-19)31-16-7-6-13-25(29)28-24-15-14-21(18-20(24)2)26(30)27-22-10-4-3-5-11-22/h8-9,12,14-15,17-18,22H,3-7,10-11,13,16H2,1-2H3,(H,27,30)(H,28,29). The first kappa shape index (κ1) is 22.9. The minimum Gasteiger partial charge on any atom is -0.494 e. The minimum absolute atomic E-state index is 0.0157. The summed E-state index contributed by atoms with van der Waals surface area (Å²) in [7, 11) is 0. The maximum Gasteiger partial charge on any atom is 0.251 e. The van der Waals surface area contributed by atoms with Crippen LogP contribution in [-0.2, 0) is 4.79 Å². The third-order valence-electron chi connectivity index (χ3n) is 5.76. The molecule has 3 rings (SSSR count). The topological polar surface area (TPSA) is 67.4 Å². The van der Waals surface area contributed by atoms with E-state index >= 15 is 0 Å². The molecule has 1 aliphatic rings. The van der Waals surface area contributed by atoms with Crippen molar-refractivity contribution in [1.82, 2.24) is 5.32 Å². The van der Waals surface area contributed by atoms with Gasteiger partial charge in [-0.25, -0.2) is 0 Å². The van der Waals surface area contributed by atoms with Crippen LogP contribution in [0.2, 0.25) is 0 Å². The van der Waals surface area contributed by atoms with Crippen molar-refractivity contribution in [1.29, 1.82) is 0 Å². The van der Waals surface area contributed by atoms with Crippen molar-refractivity contribution in [2.45, 2.75) is 71.3 Å². The van der Waals surface area contributed by atoms with Crippen LogP contribution in [0.25, 0.3) is 0 Å². The molecule has 0 aromatic heterocycles. The molecule has 5 nitrogen and oxygen atoms in total. The van der Waals surface area contributed by atoms with Crippen LogP contribution in [0.5, 0.6) is 5.75 Å². The van der Waals surface area contributed by atoms with Gasteiger partial charge in [-0.1, -0.05) is 31.4 Å². The minimum atomic E-state index is -0.0264. The summed E-state index contributed by atoms with van der Waals surface area (Å²) in [5.74, 6) is 0.826. The Hall–Kier alpha value is -2.82. The zero-order chi connectivity index (χ0) is 22.1. The summed E-state index contributed by atoms with van der Waals surface area (Å²) in [5.41, 5.74) is 3.47. The smallest absolute Gasteiger partial charge is 0.251 e. The molecule has 166 valence electrons. The van der Waals surface area contributed by atoms with Crippen molar-refractivity contribution in [2.75, 3.05) is 11.9 Å². The maximum absolute atomic E-state index is 12.5. The van der Waals surface area contributed by atoms with E-state index in [1.165, 1.54) is 24.8 Å². The molecule has 0 heterocycles. The molecular weight excluding hydrogens is 388 g/mol. The molecule has 1 fully saturated rings. The molecule has 2 aromatic rings. The molecule has 31 heavy (non-hydrogen) atoms. The summed E-state index contributed by atoms with van der Waals surface area (Å²) >= 11 is 0. The number of ether oxygens (including phenoxy) is 1. The van der Waals surface area contributed by atoms with Gasteiger partial charge in [0, 0.05) is 23.7 Å². The summed E-state index contributed by atoms with van der Waals surface area (Å²) in [4.78, 5) is 24.8. The van der Waals surface area contributed by atoms with Gasteiger partial charge in [-0.15, -0.1) is 0 Å². The van der Waals surface area contributed by atoms with Crippen molar-refractivity contribution in [3.63, 3.8) is 0 Å². The second kappa shape index (κ2) is 11.5. The van der Waals surface area contributed by atoms with Crippen molar-refractivity contribution in [3.8, 4) is 5.75 Å². The molecule has 2 amide bonds. The van der Waals surface area contributed by atoms with Crippen LogP contribution >= 0.6 is 0 Å². The van der Waals surface area contributed by atoms with E-state index in [-0.39, 0.29) is 17.9 Å². The molecule has 0 bridgehead atoms. The van der Waals surface area contributed by atoms with E-state index in [1.807, 2.05) is 50.2 Å². The fourth-order valence-corrected chi connectivity index (χ4v) is 3.96. The number of anilines is 1. The monoisotopic (exact) mass is 422 g/mol. The summed E-state index contributed by atoms with van der Waals surface area (Å²) in [6.07, 6.45) is 7.79. The lowest BCUT2D eigenvalue weighted by molar-refractivity contribution is -0.116. The summed E-state index contributed by atoms with van der Waals surface area (Å²) in [5, 5.41) is 6.10. The van der Waals surface area contributed by atoms with E-state index in [0.717, 1.165) is 42.7 Å². The van der Waals surface area contributed by atoms with Crippen LogP contribution < -0.4 is 15.4 Å². The quantitative estimate of drug-likeness (QED) is 0.520. The lowest BCUT2D eigenvalue weighted by atomic mass is 9.95. The van der Waals surface area contributed by atoms with Gasteiger partial charge in [-0.05, 0) is 81.0 Å². The Bertz CT molecular complexity index is 888. The van der Waals surface area contributed by atoms with Crippen LogP contribution in [-0.4, -0.2) is 24.5 Å². The van der Waals surface area contributed by atoms with Crippen LogP contribution in [0, 0.1) is 13.8 Å². The summed E-state index contributed by atoms with van der Waals surface area (Å²) in [6, 6.07) is 13.7. The van der Waals surface area contributed by atoms with Crippen LogP contribution in [0.4, 0.5) is 5.69 Å². The molecular formula is C26H34N2O3. The second-order valence-electron chi connectivity index (χ2n) is 8.51. The number of amides is 2. The van der Waals surface area contributed by atoms with E-state index in [1.54, 1.807) is 6.07 Å². The number of benzene rings is 2. The van der Waals surface area contributed by atoms with E-state index in [2.05, 4.69) is 10.6 Å². The van der Waals surface area contributed by atoms with Gasteiger partial charge in [-0.2, -0.15) is 0 Å². The Morgan fingerprint density at radius 3 is 2.55 bits per heavy atom. The first-order valence-electron chi connectivity index (χ1n) is 11.4. The molecule has 0 aliphatic heterocycles. The van der Waals surface area contributed by atoms with Crippen molar-refractivity contribution in [3.05, 3.63) is 59.2 Å². The molecule has 2 aromatic carbocycles. The van der Waals surface area contributed by atoms with Gasteiger partial charge in [-0.3, -0.25) is 9.59 Å². The Morgan fingerprint density at radius 1 is 1.00 bits per heavy atom. The molecule has 2 N–H and O–H groups in total. The number of aryl methyl sites for hydroxylation is 2. The number of nitrogens with one attached hydrogen (secondary N) is 2. The molecule has 0 spiro atoms. The zero-order valence-corrected chi connectivity index (χ0v) is 18.7. The van der Waals surface area contributed by atoms with Gasteiger partial charge < -0.3 is 15.4 Å². The average molecular weight is 423 g/mol. The predicted molar refractivity (Wildman–Crippen MR) is 125 cm³/mol. The van der Waals surface area contributed by atoms with Gasteiger partial charge >= 0.3 is 0 Å². The van der Waals surface area contributed by atoms with Gasteiger partial charge in [0.15, 0.2) is 0 Å². The Morgan fingerprint density at radius 2 is 1.81 bits per heavy atom. The predicted octanol–water partition coefficient (Wildman–Crippen LogP) is 5.55. The normalized spacial score (nSPS) is 14.1. The number of carbonyl (C=O) groups excluding carboxylic acids is 2. The third kappa shape index (κ3) is 7.42. The first-order chi connectivity index (χ1) is 15.0. The zero-order valence-electron chi connectivity index (χ0n) is 18.7. The summed E-state index contributed by atoms with van der Waals surface area (Å²) in [6.45, 7) is 4.55. The molecule has 0 unspecified atom stereocenters. The Kier molecular flexibility index (Phi) is 8.51. The fourth-order valence-electron chi connectivity index (χ4n) is 3.96.